The maximum atomic E-state index is 13.1. The first-order chi connectivity index (χ1) is 27.5. The summed E-state index contributed by atoms with van der Waals surface area (Å²) in [6.07, 6.45) is 2.30. The molecule has 0 aliphatic carbocycles. The van der Waals surface area contributed by atoms with Gasteiger partial charge in [-0.3, -0.25) is 9.59 Å². The SMILES string of the molecule is O=C(NCc1cccc(OCCCOc2ncn(C(c3ccccc3)(c3ccccc3)c3ccccc3)n2)c1)c1nc2scc(-c3ccccc3Cl)c2c(=O)[nH]1. The van der Waals surface area contributed by atoms with Crippen LogP contribution in [0.3, 0.4) is 0 Å². The lowest BCUT2D eigenvalue weighted by Gasteiger charge is -2.35. The van der Waals surface area contributed by atoms with Gasteiger partial charge in [-0.25, -0.2) is 9.67 Å². The quantitative estimate of drug-likeness (QED) is 0.0838. The summed E-state index contributed by atoms with van der Waals surface area (Å²) in [5.41, 5.74) is 4.18. The molecule has 278 valence electrons. The van der Waals surface area contributed by atoms with E-state index in [4.69, 9.17) is 26.2 Å². The first-order valence-corrected chi connectivity index (χ1v) is 19.2. The van der Waals surface area contributed by atoms with Crippen molar-refractivity contribution < 1.29 is 14.3 Å². The molecule has 0 saturated carbocycles. The van der Waals surface area contributed by atoms with E-state index in [2.05, 4.69) is 56.7 Å². The molecule has 3 aromatic heterocycles. The van der Waals surface area contributed by atoms with Gasteiger partial charge in [0.05, 0.1) is 18.6 Å². The second-order valence-corrected chi connectivity index (χ2v) is 14.1. The summed E-state index contributed by atoms with van der Waals surface area (Å²) in [5.74, 6) is 0.0913. The number of nitrogens with one attached hydrogen (secondary N) is 2. The Morgan fingerprint density at radius 2 is 1.43 bits per heavy atom. The largest absolute Gasteiger partial charge is 0.493 e. The molecule has 2 N–H and O–H groups in total. The highest BCUT2D eigenvalue weighted by Gasteiger charge is 2.39. The Hall–Kier alpha value is -6.56. The standard InChI is InChI=1S/C44H35ClN6O4S/c45-37-23-11-10-22-35(37)36-28-56-42-38(36)40(52)48-39(49-42)41(53)46-27-30-14-12-21-34(26-30)54-24-13-25-55-43-47-29-51(50-43)44(31-15-4-1-5-16-31,32-17-6-2-7-18-32)33-19-8-3-9-20-33/h1-12,14-23,26,28-29H,13,24-25,27H2,(H,46,53)(H,48,49,52). The molecule has 1 amide bonds. The van der Waals surface area contributed by atoms with Crippen LogP contribution in [0.5, 0.6) is 11.8 Å². The summed E-state index contributed by atoms with van der Waals surface area (Å²) in [4.78, 5) is 38.2. The van der Waals surface area contributed by atoms with Crippen LogP contribution in [0.4, 0.5) is 0 Å². The zero-order valence-corrected chi connectivity index (χ0v) is 31.5. The maximum absolute atomic E-state index is 13.1. The van der Waals surface area contributed by atoms with E-state index in [1.807, 2.05) is 107 Å². The molecule has 0 aliphatic rings. The van der Waals surface area contributed by atoms with E-state index in [0.717, 1.165) is 27.8 Å². The van der Waals surface area contributed by atoms with Crippen molar-refractivity contribution in [3.63, 3.8) is 0 Å². The molecule has 3 heterocycles. The number of thiophene rings is 1. The van der Waals surface area contributed by atoms with E-state index >= 15 is 0 Å². The normalized spacial score (nSPS) is 11.4. The van der Waals surface area contributed by atoms with Crippen molar-refractivity contribution in [2.24, 2.45) is 0 Å². The fourth-order valence-electron chi connectivity index (χ4n) is 6.77. The van der Waals surface area contributed by atoms with Gasteiger partial charge in [0.1, 0.15) is 22.4 Å². The van der Waals surface area contributed by atoms with Gasteiger partial charge in [0.2, 0.25) is 5.82 Å². The minimum atomic E-state index is -0.779. The summed E-state index contributed by atoms with van der Waals surface area (Å²) >= 11 is 7.66. The zero-order chi connectivity index (χ0) is 38.3. The van der Waals surface area contributed by atoms with Crippen molar-refractivity contribution in [3.8, 4) is 22.9 Å². The first-order valence-electron chi connectivity index (χ1n) is 18.0. The number of halogens is 1. The molecule has 12 heteroatoms. The monoisotopic (exact) mass is 778 g/mol. The van der Waals surface area contributed by atoms with Crippen LogP contribution in [-0.2, 0) is 12.1 Å². The predicted molar refractivity (Wildman–Crippen MR) is 219 cm³/mol. The number of benzene rings is 5. The number of carbonyl (C=O) groups excluding carboxylic acids is 1. The van der Waals surface area contributed by atoms with Crippen LogP contribution in [0.15, 0.2) is 156 Å². The Kier molecular flexibility index (Phi) is 10.7. The van der Waals surface area contributed by atoms with Gasteiger partial charge in [-0.1, -0.05) is 133 Å². The lowest BCUT2D eigenvalue weighted by molar-refractivity contribution is 0.0940. The average molecular weight is 779 g/mol. The molecule has 0 unspecified atom stereocenters. The van der Waals surface area contributed by atoms with Crippen LogP contribution < -0.4 is 20.3 Å². The van der Waals surface area contributed by atoms with E-state index in [1.165, 1.54) is 11.3 Å². The Morgan fingerprint density at radius 3 is 2.11 bits per heavy atom. The molecular weight excluding hydrogens is 744 g/mol. The summed E-state index contributed by atoms with van der Waals surface area (Å²) in [6.45, 7) is 0.941. The number of H-pyrrole nitrogens is 1. The second kappa shape index (κ2) is 16.4. The molecule has 0 atom stereocenters. The lowest BCUT2D eigenvalue weighted by atomic mass is 9.77. The molecule has 0 radical (unpaired) electrons. The number of aromatic nitrogens is 5. The molecule has 0 fully saturated rings. The van der Waals surface area contributed by atoms with Gasteiger partial charge in [-0.05, 0) is 40.5 Å². The molecule has 0 bridgehead atoms. The van der Waals surface area contributed by atoms with Crippen LogP contribution in [0, 0.1) is 0 Å². The maximum Gasteiger partial charge on any atom is 0.335 e. The highest BCUT2D eigenvalue weighted by molar-refractivity contribution is 7.17. The lowest BCUT2D eigenvalue weighted by Crippen LogP contribution is -2.38. The fourth-order valence-corrected chi connectivity index (χ4v) is 7.94. The zero-order valence-electron chi connectivity index (χ0n) is 30.0. The van der Waals surface area contributed by atoms with Gasteiger partial charge in [0.15, 0.2) is 0 Å². The third kappa shape index (κ3) is 7.42. The summed E-state index contributed by atoms with van der Waals surface area (Å²) < 4.78 is 13.9. The van der Waals surface area contributed by atoms with Crippen molar-refractivity contribution in [1.29, 1.82) is 0 Å². The number of aromatic amines is 1. The van der Waals surface area contributed by atoms with Crippen LogP contribution in [-0.4, -0.2) is 43.9 Å². The van der Waals surface area contributed by atoms with E-state index in [9.17, 15) is 9.59 Å². The van der Waals surface area contributed by atoms with Crippen LogP contribution in [0.2, 0.25) is 5.02 Å². The van der Waals surface area contributed by atoms with E-state index in [0.29, 0.717) is 46.2 Å². The number of carbonyl (C=O) groups is 1. The van der Waals surface area contributed by atoms with Crippen molar-refractivity contribution >= 4 is 39.1 Å². The van der Waals surface area contributed by atoms with Gasteiger partial charge in [-0.2, -0.15) is 4.98 Å². The number of hydrogen-bond acceptors (Lipinski definition) is 8. The highest BCUT2D eigenvalue weighted by Crippen LogP contribution is 2.40. The summed E-state index contributed by atoms with van der Waals surface area (Å²) in [6, 6.07) is 45.8. The number of amides is 1. The Labute approximate surface area is 331 Å². The number of hydrogen-bond donors (Lipinski definition) is 2. The van der Waals surface area contributed by atoms with Gasteiger partial charge in [-0.15, -0.1) is 16.4 Å². The molecule has 0 aliphatic heterocycles. The van der Waals surface area contributed by atoms with Crippen molar-refractivity contribution in [3.05, 3.63) is 195 Å². The molecule has 56 heavy (non-hydrogen) atoms. The van der Waals surface area contributed by atoms with Gasteiger partial charge < -0.3 is 19.8 Å². The average Bonchev–Trinajstić information content (AvgIpc) is 3.90. The molecule has 5 aromatic carbocycles. The van der Waals surface area contributed by atoms with E-state index < -0.39 is 17.0 Å². The number of nitrogens with zero attached hydrogens (tertiary/aromatic N) is 4. The van der Waals surface area contributed by atoms with Crippen LogP contribution in [0.1, 0.15) is 39.3 Å². The topological polar surface area (TPSA) is 124 Å². The van der Waals surface area contributed by atoms with E-state index in [1.54, 1.807) is 12.4 Å². The van der Waals surface area contributed by atoms with Gasteiger partial charge in [0, 0.05) is 34.5 Å². The highest BCUT2D eigenvalue weighted by atomic mass is 35.5. The third-order valence-corrected chi connectivity index (χ3v) is 10.6. The predicted octanol–water partition coefficient (Wildman–Crippen LogP) is 8.51. The minimum Gasteiger partial charge on any atom is -0.493 e. The van der Waals surface area contributed by atoms with Crippen molar-refractivity contribution in [2.75, 3.05) is 13.2 Å². The second-order valence-electron chi connectivity index (χ2n) is 12.9. The summed E-state index contributed by atoms with van der Waals surface area (Å²) in [7, 11) is 0. The Morgan fingerprint density at radius 1 is 0.786 bits per heavy atom. The van der Waals surface area contributed by atoms with Gasteiger partial charge in [0.25, 0.3) is 11.5 Å². The number of ether oxygens (including phenoxy) is 2. The Balaban J connectivity index is 0.881. The molecule has 8 rings (SSSR count). The number of fused-ring (bicyclic) bond motifs is 1. The molecule has 0 saturated heterocycles. The first kappa shape index (κ1) is 36.4. The number of rotatable bonds is 14. The minimum absolute atomic E-state index is 0.0623. The molecule has 10 nitrogen and oxygen atoms in total. The van der Waals surface area contributed by atoms with E-state index in [-0.39, 0.29) is 18.4 Å². The summed E-state index contributed by atoms with van der Waals surface area (Å²) in [5, 5.41) is 10.4. The van der Waals surface area contributed by atoms with Gasteiger partial charge >= 0.3 is 6.01 Å². The van der Waals surface area contributed by atoms with Crippen LogP contribution >= 0.6 is 22.9 Å². The fraction of sp³-hybridized carbons (Fsp3) is 0.114. The van der Waals surface area contributed by atoms with Crippen molar-refractivity contribution in [1.82, 2.24) is 30.0 Å². The Bertz CT molecular complexity index is 2550. The third-order valence-electron chi connectivity index (χ3n) is 9.35. The van der Waals surface area contributed by atoms with Crippen molar-refractivity contribution in [2.45, 2.75) is 18.5 Å². The van der Waals surface area contributed by atoms with Crippen LogP contribution in [0.25, 0.3) is 21.3 Å². The molecule has 0 spiro atoms. The molecular formula is C44H35ClN6O4S. The molecule has 8 aromatic rings. The smallest absolute Gasteiger partial charge is 0.335 e.